The van der Waals surface area contributed by atoms with Gasteiger partial charge in [0.25, 0.3) is 11.7 Å². The lowest BCUT2D eigenvalue weighted by Gasteiger charge is -2.23. The van der Waals surface area contributed by atoms with Crippen LogP contribution in [0.15, 0.2) is 64.8 Å². The molecule has 2 aliphatic rings. The van der Waals surface area contributed by atoms with Gasteiger partial charge >= 0.3 is 0 Å². The Kier molecular flexibility index (Phi) is 4.64. The first kappa shape index (κ1) is 19.5. The number of aliphatic hydroxyl groups excluding tert-OH is 1. The number of benzene rings is 2. The fourth-order valence-corrected chi connectivity index (χ4v) is 3.95. The lowest BCUT2D eigenvalue weighted by Crippen LogP contribution is -2.29. The molecular formula is C22H13Cl2NO6. The van der Waals surface area contributed by atoms with Gasteiger partial charge in [0.2, 0.25) is 6.79 Å². The van der Waals surface area contributed by atoms with Gasteiger partial charge in [-0.2, -0.15) is 0 Å². The van der Waals surface area contributed by atoms with Gasteiger partial charge in [0.05, 0.1) is 21.9 Å². The zero-order valence-electron chi connectivity index (χ0n) is 15.7. The summed E-state index contributed by atoms with van der Waals surface area (Å²) in [7, 11) is 0. The minimum absolute atomic E-state index is 0.0660. The highest BCUT2D eigenvalue weighted by molar-refractivity contribution is 6.51. The second-order valence-corrected chi connectivity index (χ2v) is 7.67. The van der Waals surface area contributed by atoms with Crippen LogP contribution in [0.4, 0.5) is 5.69 Å². The second-order valence-electron chi connectivity index (χ2n) is 6.85. The summed E-state index contributed by atoms with van der Waals surface area (Å²) in [6.45, 7) is 0.0660. The quantitative estimate of drug-likeness (QED) is 0.340. The number of carbonyl (C=O) groups excluding carboxylic acids is 2. The summed E-state index contributed by atoms with van der Waals surface area (Å²) in [5, 5.41) is 11.5. The van der Waals surface area contributed by atoms with Gasteiger partial charge in [-0.05, 0) is 42.5 Å². The highest BCUT2D eigenvalue weighted by Gasteiger charge is 2.48. The van der Waals surface area contributed by atoms with E-state index >= 15 is 0 Å². The van der Waals surface area contributed by atoms with E-state index in [2.05, 4.69) is 0 Å². The molecule has 2 aromatic carbocycles. The normalized spacial score (nSPS) is 19.3. The first-order valence-electron chi connectivity index (χ1n) is 9.15. The molecule has 3 heterocycles. The zero-order valence-corrected chi connectivity index (χ0v) is 17.2. The third kappa shape index (κ3) is 3.13. The number of nitrogens with zero attached hydrogens (tertiary/aromatic N) is 1. The second kappa shape index (κ2) is 7.37. The number of carbonyl (C=O) groups is 2. The Morgan fingerprint density at radius 1 is 1.00 bits per heavy atom. The van der Waals surface area contributed by atoms with Crippen molar-refractivity contribution in [3.8, 4) is 11.5 Å². The minimum Gasteiger partial charge on any atom is -0.507 e. The molecule has 0 aliphatic carbocycles. The summed E-state index contributed by atoms with van der Waals surface area (Å²) in [4.78, 5) is 27.3. The van der Waals surface area contributed by atoms with Crippen molar-refractivity contribution in [2.24, 2.45) is 0 Å². The maximum Gasteiger partial charge on any atom is 0.300 e. The molecule has 1 atom stereocenters. The number of fused-ring (bicyclic) bond motifs is 1. The summed E-state index contributed by atoms with van der Waals surface area (Å²) < 4.78 is 16.2. The molecule has 0 spiro atoms. The van der Waals surface area contributed by atoms with Crippen LogP contribution >= 0.6 is 23.2 Å². The smallest absolute Gasteiger partial charge is 0.300 e. The van der Waals surface area contributed by atoms with Crippen LogP contribution in [0.1, 0.15) is 17.4 Å². The summed E-state index contributed by atoms with van der Waals surface area (Å²) in [5.41, 5.74) is 0.506. The molecule has 1 saturated heterocycles. The molecule has 31 heavy (non-hydrogen) atoms. The lowest BCUT2D eigenvalue weighted by atomic mass is 9.99. The standard InChI is InChI=1S/C22H13Cl2NO6/c23-13-5-3-11(8-14(13)24)20(26)18-19(16-2-1-7-29-16)25(22(28)21(18)27)12-4-6-15-17(9-12)31-10-30-15/h1-9,19,26H,10H2/b20-18-. The average Bonchev–Trinajstić information content (AvgIpc) is 3.50. The molecule has 0 radical (unpaired) electrons. The topological polar surface area (TPSA) is 89.2 Å². The van der Waals surface area contributed by atoms with Crippen molar-refractivity contribution in [1.82, 2.24) is 0 Å². The SMILES string of the molecule is O=C1C(=O)N(c2ccc3c(c2)OCO3)C(c2ccco2)/C1=C(/O)c1ccc(Cl)c(Cl)c1. The van der Waals surface area contributed by atoms with E-state index in [0.29, 0.717) is 28.0 Å². The highest BCUT2D eigenvalue weighted by atomic mass is 35.5. The van der Waals surface area contributed by atoms with Crippen molar-refractivity contribution >= 4 is 46.3 Å². The Hall–Kier alpha value is -3.42. The van der Waals surface area contributed by atoms with Crippen LogP contribution < -0.4 is 14.4 Å². The van der Waals surface area contributed by atoms with E-state index in [9.17, 15) is 14.7 Å². The van der Waals surface area contributed by atoms with Gasteiger partial charge in [-0.3, -0.25) is 14.5 Å². The molecule has 1 fully saturated rings. The maximum atomic E-state index is 13.0. The first-order valence-corrected chi connectivity index (χ1v) is 9.91. The number of aliphatic hydroxyl groups is 1. The summed E-state index contributed by atoms with van der Waals surface area (Å²) >= 11 is 12.0. The number of hydrogen-bond donors (Lipinski definition) is 1. The van der Waals surface area contributed by atoms with E-state index in [1.165, 1.54) is 29.4 Å². The third-order valence-electron chi connectivity index (χ3n) is 5.08. The molecule has 1 N–H and O–H groups in total. The van der Waals surface area contributed by atoms with Crippen LogP contribution in [-0.2, 0) is 9.59 Å². The van der Waals surface area contributed by atoms with Crippen LogP contribution in [0.2, 0.25) is 10.0 Å². The van der Waals surface area contributed by atoms with Gasteiger partial charge < -0.3 is 19.0 Å². The van der Waals surface area contributed by atoms with Crippen molar-refractivity contribution < 1.29 is 28.6 Å². The molecule has 0 saturated carbocycles. The van der Waals surface area contributed by atoms with Gasteiger partial charge in [0.1, 0.15) is 17.6 Å². The van der Waals surface area contributed by atoms with E-state index < -0.39 is 17.7 Å². The van der Waals surface area contributed by atoms with Crippen molar-refractivity contribution in [3.05, 3.63) is 81.7 Å². The number of halogens is 2. The summed E-state index contributed by atoms with van der Waals surface area (Å²) in [6, 6.07) is 11.6. The number of anilines is 1. The van der Waals surface area contributed by atoms with E-state index in [0.717, 1.165) is 0 Å². The molecule has 0 bridgehead atoms. The molecular weight excluding hydrogens is 445 g/mol. The van der Waals surface area contributed by atoms with Crippen molar-refractivity contribution in [2.75, 3.05) is 11.7 Å². The van der Waals surface area contributed by atoms with E-state index in [4.69, 9.17) is 37.1 Å². The Morgan fingerprint density at radius 2 is 1.81 bits per heavy atom. The number of furan rings is 1. The molecule has 1 unspecified atom stereocenters. The van der Waals surface area contributed by atoms with Crippen LogP contribution in [0.5, 0.6) is 11.5 Å². The number of ketones is 1. The predicted octanol–water partition coefficient (Wildman–Crippen LogP) is 4.94. The number of amides is 1. The fraction of sp³-hybridized carbons (Fsp3) is 0.0909. The van der Waals surface area contributed by atoms with Crippen LogP contribution in [0.25, 0.3) is 5.76 Å². The van der Waals surface area contributed by atoms with Gasteiger partial charge in [-0.25, -0.2) is 0 Å². The van der Waals surface area contributed by atoms with E-state index in [-0.39, 0.29) is 28.7 Å². The third-order valence-corrected chi connectivity index (χ3v) is 5.82. The number of hydrogen-bond acceptors (Lipinski definition) is 6. The molecule has 3 aromatic rings. The molecule has 1 amide bonds. The molecule has 9 heteroatoms. The van der Waals surface area contributed by atoms with Gasteiger partial charge in [-0.15, -0.1) is 0 Å². The fourth-order valence-electron chi connectivity index (χ4n) is 3.65. The summed E-state index contributed by atoms with van der Waals surface area (Å²) in [6.07, 6.45) is 1.42. The van der Waals surface area contributed by atoms with Crippen LogP contribution in [-0.4, -0.2) is 23.6 Å². The Morgan fingerprint density at radius 3 is 2.55 bits per heavy atom. The van der Waals surface area contributed by atoms with Crippen molar-refractivity contribution in [3.63, 3.8) is 0 Å². The van der Waals surface area contributed by atoms with E-state index in [1.807, 2.05) is 0 Å². The number of rotatable bonds is 3. The predicted molar refractivity (Wildman–Crippen MR) is 113 cm³/mol. The number of Topliss-reactive ketones (excluding diaryl/α,β-unsaturated/α-hetero) is 1. The molecule has 1 aromatic heterocycles. The monoisotopic (exact) mass is 457 g/mol. The van der Waals surface area contributed by atoms with Gasteiger partial charge in [0.15, 0.2) is 11.5 Å². The largest absolute Gasteiger partial charge is 0.507 e. The molecule has 156 valence electrons. The average molecular weight is 458 g/mol. The first-order chi connectivity index (χ1) is 15.0. The van der Waals surface area contributed by atoms with Crippen molar-refractivity contribution in [2.45, 2.75) is 6.04 Å². The Bertz CT molecular complexity index is 1250. The van der Waals surface area contributed by atoms with Gasteiger partial charge in [0, 0.05) is 17.3 Å². The zero-order chi connectivity index (χ0) is 21.7. The molecule has 2 aliphatic heterocycles. The summed E-state index contributed by atoms with van der Waals surface area (Å²) in [5.74, 6) is -0.780. The Labute approximate surface area is 186 Å². The van der Waals surface area contributed by atoms with Crippen molar-refractivity contribution in [1.29, 1.82) is 0 Å². The maximum absolute atomic E-state index is 13.0. The van der Waals surface area contributed by atoms with E-state index in [1.54, 1.807) is 30.3 Å². The highest BCUT2D eigenvalue weighted by Crippen LogP contribution is 2.45. The lowest BCUT2D eigenvalue weighted by molar-refractivity contribution is -0.132. The van der Waals surface area contributed by atoms with Gasteiger partial charge in [-0.1, -0.05) is 23.2 Å². The molecule has 7 nitrogen and oxygen atoms in total. The number of ether oxygens (including phenoxy) is 2. The minimum atomic E-state index is -0.996. The van der Waals surface area contributed by atoms with Crippen LogP contribution in [0.3, 0.4) is 0 Å². The van der Waals surface area contributed by atoms with Crippen LogP contribution in [0, 0.1) is 0 Å². The Balaban J connectivity index is 1.69. The molecule has 5 rings (SSSR count).